The summed E-state index contributed by atoms with van der Waals surface area (Å²) >= 11 is 3.51. The first-order valence-corrected chi connectivity index (χ1v) is 9.44. The van der Waals surface area contributed by atoms with Crippen LogP contribution in [0.1, 0.15) is 23.6 Å². The molecule has 0 aliphatic carbocycles. The smallest absolute Gasteiger partial charge is 0.134 e. The lowest BCUT2D eigenvalue weighted by atomic mass is 10.00. The van der Waals surface area contributed by atoms with E-state index in [0.29, 0.717) is 6.61 Å². The molecule has 0 bridgehead atoms. The summed E-state index contributed by atoms with van der Waals surface area (Å²) in [6.07, 6.45) is 1.87. The van der Waals surface area contributed by atoms with Gasteiger partial charge in [-0.25, -0.2) is 4.99 Å². The van der Waals surface area contributed by atoms with Gasteiger partial charge in [0.25, 0.3) is 0 Å². The quantitative estimate of drug-likeness (QED) is 0.461. The molecule has 0 saturated heterocycles. The van der Waals surface area contributed by atoms with Crippen molar-refractivity contribution in [1.29, 1.82) is 0 Å². The third kappa shape index (κ3) is 5.18. The van der Waals surface area contributed by atoms with E-state index in [2.05, 4.69) is 58.8 Å². The summed E-state index contributed by atoms with van der Waals surface area (Å²) in [4.78, 5) is 11.1. The highest BCUT2D eigenvalue weighted by molar-refractivity contribution is 9.10. The molecule has 138 valence electrons. The zero-order valence-electron chi connectivity index (χ0n) is 16.1. The van der Waals surface area contributed by atoms with Gasteiger partial charge < -0.3 is 9.64 Å². The number of benzene rings is 2. The number of nitrogens with zero attached hydrogens (tertiary/aromatic N) is 3. The van der Waals surface area contributed by atoms with Crippen molar-refractivity contribution < 1.29 is 4.74 Å². The van der Waals surface area contributed by atoms with Gasteiger partial charge in [-0.15, -0.1) is 0 Å². The summed E-state index contributed by atoms with van der Waals surface area (Å²) in [5.74, 6) is 0.812. The molecule has 0 unspecified atom stereocenters. The highest BCUT2D eigenvalue weighted by Gasteiger charge is 2.11. The minimum absolute atomic E-state index is 0.417. The zero-order chi connectivity index (χ0) is 19.1. The SMILES string of the molecule is CCN(C)/C=N\c1cc(C)c(/C(COc2ccccc2Br)=N/C)cc1C. The van der Waals surface area contributed by atoms with Gasteiger partial charge in [-0.2, -0.15) is 0 Å². The monoisotopic (exact) mass is 415 g/mol. The molecule has 0 aliphatic heterocycles. The Morgan fingerprint density at radius 3 is 2.58 bits per heavy atom. The van der Waals surface area contributed by atoms with Gasteiger partial charge in [0, 0.05) is 26.2 Å². The first-order chi connectivity index (χ1) is 12.5. The van der Waals surface area contributed by atoms with Crippen LogP contribution in [0.25, 0.3) is 0 Å². The average Bonchev–Trinajstić information content (AvgIpc) is 2.64. The molecule has 0 atom stereocenters. The predicted molar refractivity (Wildman–Crippen MR) is 114 cm³/mol. The lowest BCUT2D eigenvalue weighted by Crippen LogP contribution is -2.15. The van der Waals surface area contributed by atoms with Crippen molar-refractivity contribution >= 4 is 33.7 Å². The Balaban J connectivity index is 2.22. The third-order valence-electron chi connectivity index (χ3n) is 4.22. The summed E-state index contributed by atoms with van der Waals surface area (Å²) in [5.41, 5.74) is 5.25. The van der Waals surface area contributed by atoms with Crippen molar-refractivity contribution in [3.63, 3.8) is 0 Å². The third-order valence-corrected chi connectivity index (χ3v) is 4.87. The predicted octanol–water partition coefficient (Wildman–Crippen LogP) is 5.18. The molecule has 0 saturated carbocycles. The number of para-hydroxylation sites is 1. The lowest BCUT2D eigenvalue weighted by Gasteiger charge is -2.14. The maximum absolute atomic E-state index is 5.95. The van der Waals surface area contributed by atoms with Gasteiger partial charge in [-0.05, 0) is 72.1 Å². The van der Waals surface area contributed by atoms with Crippen LogP contribution >= 0.6 is 15.9 Å². The molecule has 0 N–H and O–H groups in total. The molecule has 2 rings (SSSR count). The molecule has 5 heteroatoms. The van der Waals surface area contributed by atoms with Gasteiger partial charge in [0.1, 0.15) is 12.4 Å². The van der Waals surface area contributed by atoms with Crippen LogP contribution in [0.4, 0.5) is 5.69 Å². The van der Waals surface area contributed by atoms with Gasteiger partial charge in [0.2, 0.25) is 0 Å². The largest absolute Gasteiger partial charge is 0.486 e. The Morgan fingerprint density at radius 1 is 1.19 bits per heavy atom. The van der Waals surface area contributed by atoms with Gasteiger partial charge >= 0.3 is 0 Å². The van der Waals surface area contributed by atoms with Gasteiger partial charge in [-0.3, -0.25) is 4.99 Å². The Kier molecular flexibility index (Phi) is 7.39. The van der Waals surface area contributed by atoms with E-state index in [1.54, 1.807) is 7.05 Å². The molecule has 0 heterocycles. The van der Waals surface area contributed by atoms with E-state index in [1.807, 2.05) is 42.6 Å². The molecule has 0 aliphatic rings. The van der Waals surface area contributed by atoms with Crippen LogP contribution in [0.15, 0.2) is 50.9 Å². The van der Waals surface area contributed by atoms with Crippen molar-refractivity contribution in [2.75, 3.05) is 27.2 Å². The maximum atomic E-state index is 5.95. The first kappa shape index (κ1) is 20.2. The van der Waals surface area contributed by atoms with Gasteiger partial charge in [0.05, 0.1) is 22.2 Å². The van der Waals surface area contributed by atoms with Crippen LogP contribution < -0.4 is 4.74 Å². The van der Waals surface area contributed by atoms with Crippen molar-refractivity contribution in [2.24, 2.45) is 9.98 Å². The van der Waals surface area contributed by atoms with Crippen LogP contribution in [-0.2, 0) is 0 Å². The molecule has 0 amide bonds. The molecule has 4 nitrogen and oxygen atoms in total. The number of ether oxygens (including phenoxy) is 1. The summed E-state index contributed by atoms with van der Waals surface area (Å²) in [5, 5.41) is 0. The Labute approximate surface area is 164 Å². The zero-order valence-corrected chi connectivity index (χ0v) is 17.7. The summed E-state index contributed by atoms with van der Waals surface area (Å²) < 4.78 is 6.89. The molecule has 26 heavy (non-hydrogen) atoms. The van der Waals surface area contributed by atoms with E-state index in [9.17, 15) is 0 Å². The molecule has 0 aromatic heterocycles. The first-order valence-electron chi connectivity index (χ1n) is 8.65. The van der Waals surface area contributed by atoms with Crippen molar-refractivity contribution in [1.82, 2.24) is 4.90 Å². The van der Waals surface area contributed by atoms with E-state index >= 15 is 0 Å². The van der Waals surface area contributed by atoms with E-state index in [1.165, 1.54) is 0 Å². The normalized spacial score (nSPS) is 11.8. The van der Waals surface area contributed by atoms with Crippen LogP contribution in [0.2, 0.25) is 0 Å². The van der Waals surface area contributed by atoms with Gasteiger partial charge in [0.15, 0.2) is 0 Å². The van der Waals surface area contributed by atoms with E-state index in [4.69, 9.17) is 4.74 Å². The molecule has 0 spiro atoms. The molecule has 2 aromatic rings. The summed E-state index contributed by atoms with van der Waals surface area (Å²) in [6.45, 7) is 7.60. The Bertz CT molecular complexity index is 815. The van der Waals surface area contributed by atoms with Crippen LogP contribution in [0.3, 0.4) is 0 Å². The van der Waals surface area contributed by atoms with Crippen molar-refractivity contribution in [3.8, 4) is 5.75 Å². The average molecular weight is 416 g/mol. The summed E-state index contributed by atoms with van der Waals surface area (Å²) in [7, 11) is 3.82. The van der Waals surface area contributed by atoms with Gasteiger partial charge in [-0.1, -0.05) is 12.1 Å². The number of rotatable bonds is 7. The molecular weight excluding hydrogens is 390 g/mol. The number of aliphatic imine (C=N–C) groups is 2. The Hall–Kier alpha value is -2.14. The van der Waals surface area contributed by atoms with Crippen LogP contribution in [0.5, 0.6) is 5.75 Å². The van der Waals surface area contributed by atoms with Crippen molar-refractivity contribution in [3.05, 3.63) is 57.6 Å². The Morgan fingerprint density at radius 2 is 1.92 bits per heavy atom. The number of hydrogen-bond acceptors (Lipinski definition) is 3. The maximum Gasteiger partial charge on any atom is 0.134 e. The fourth-order valence-electron chi connectivity index (χ4n) is 2.46. The van der Waals surface area contributed by atoms with Crippen molar-refractivity contribution in [2.45, 2.75) is 20.8 Å². The van der Waals surface area contributed by atoms with E-state index in [0.717, 1.165) is 44.9 Å². The van der Waals surface area contributed by atoms with E-state index in [-0.39, 0.29) is 0 Å². The second-order valence-electron chi connectivity index (χ2n) is 6.16. The number of halogens is 1. The highest BCUT2D eigenvalue weighted by Crippen LogP contribution is 2.26. The number of hydrogen-bond donors (Lipinski definition) is 0. The van der Waals surface area contributed by atoms with Crippen LogP contribution in [-0.4, -0.2) is 44.2 Å². The van der Waals surface area contributed by atoms with E-state index < -0.39 is 0 Å². The second-order valence-corrected chi connectivity index (χ2v) is 7.02. The lowest BCUT2D eigenvalue weighted by molar-refractivity contribution is 0.374. The standard InChI is InChI=1S/C21H26BrN3O/c1-6-25(5)14-24-19-12-15(2)17(11-16(19)3)20(23-4)13-26-21-10-8-7-9-18(21)22/h7-12,14H,6,13H2,1-5H3/b23-20+,24-14-. The molecule has 0 radical (unpaired) electrons. The minimum atomic E-state index is 0.417. The highest BCUT2D eigenvalue weighted by atomic mass is 79.9. The molecule has 2 aromatic carbocycles. The van der Waals surface area contributed by atoms with Crippen LogP contribution in [0, 0.1) is 13.8 Å². The fourth-order valence-corrected chi connectivity index (χ4v) is 2.86. The fraction of sp³-hybridized carbons (Fsp3) is 0.333. The second kappa shape index (κ2) is 9.53. The number of aryl methyl sites for hydroxylation is 2. The summed E-state index contributed by atoms with van der Waals surface area (Å²) in [6, 6.07) is 12.1. The molecule has 0 fully saturated rings. The minimum Gasteiger partial charge on any atom is -0.486 e. The molecular formula is C21H26BrN3O. The topological polar surface area (TPSA) is 37.2 Å².